The number of carbonyl (C=O) groups is 1. The summed E-state index contributed by atoms with van der Waals surface area (Å²) >= 11 is 1.54. The van der Waals surface area contributed by atoms with Crippen molar-refractivity contribution in [3.05, 3.63) is 83.4 Å². The fourth-order valence-corrected chi connectivity index (χ4v) is 5.18. The van der Waals surface area contributed by atoms with Gasteiger partial charge in [0.2, 0.25) is 0 Å². The van der Waals surface area contributed by atoms with E-state index in [1.165, 1.54) is 37.4 Å². The van der Waals surface area contributed by atoms with E-state index in [0.29, 0.717) is 22.8 Å². The van der Waals surface area contributed by atoms with Gasteiger partial charge in [0, 0.05) is 39.3 Å². The van der Waals surface area contributed by atoms with Crippen LogP contribution in [0.5, 0.6) is 11.5 Å². The summed E-state index contributed by atoms with van der Waals surface area (Å²) in [5.41, 5.74) is 1.81. The average molecular weight is 535 g/mol. The fourth-order valence-electron chi connectivity index (χ4n) is 3.45. The molecule has 0 fully saturated rings. The van der Waals surface area contributed by atoms with Crippen molar-refractivity contribution < 1.29 is 27.2 Å². The third-order valence-corrected chi connectivity index (χ3v) is 7.47. The number of rotatable bonds is 9. The first-order valence-electron chi connectivity index (χ1n) is 10.3. The molecule has 0 saturated heterocycles. The Bertz CT molecular complexity index is 1490. The number of nitrogens with one attached hydrogen (secondary N) is 1. The standard InChI is InChI=1S/C25H22N2O6S2.Na.H/c1-15-12-24(26-33-15)27-35(29,30)18-9-7-17(8-10-18)25(28)16(2)19-13-20(23-6-5-11-34-23)22(32-4)14-21(19)31-3;;/h5-14H,2H2,1,3-4H3,(H,26,27);;. The first-order chi connectivity index (χ1) is 16.7. The van der Waals surface area contributed by atoms with Gasteiger partial charge in [-0.05, 0) is 48.7 Å². The number of ether oxygens (including phenoxy) is 2. The Balaban J connectivity index is 0.00000361. The zero-order valence-corrected chi connectivity index (χ0v) is 20.8. The molecule has 36 heavy (non-hydrogen) atoms. The molecule has 0 aliphatic heterocycles. The van der Waals surface area contributed by atoms with Gasteiger partial charge in [-0.2, -0.15) is 0 Å². The van der Waals surface area contributed by atoms with Crippen LogP contribution < -0.4 is 14.2 Å². The Morgan fingerprint density at radius 2 is 1.75 bits per heavy atom. The number of aromatic nitrogens is 1. The number of benzene rings is 2. The molecule has 0 amide bonds. The van der Waals surface area contributed by atoms with E-state index in [9.17, 15) is 13.2 Å². The molecule has 0 radical (unpaired) electrons. The number of hydrogen-bond acceptors (Lipinski definition) is 8. The number of methoxy groups -OCH3 is 2. The van der Waals surface area contributed by atoms with Gasteiger partial charge in [0.15, 0.2) is 11.6 Å². The van der Waals surface area contributed by atoms with Crippen LogP contribution in [0.25, 0.3) is 16.0 Å². The Hall–Kier alpha value is -2.89. The van der Waals surface area contributed by atoms with Gasteiger partial charge in [-0.15, -0.1) is 11.3 Å². The van der Waals surface area contributed by atoms with E-state index in [2.05, 4.69) is 16.5 Å². The second kappa shape index (κ2) is 11.4. The molecule has 0 atom stereocenters. The van der Waals surface area contributed by atoms with Gasteiger partial charge >= 0.3 is 29.6 Å². The number of carbonyl (C=O) groups excluding carboxylic acids is 1. The van der Waals surface area contributed by atoms with Crippen LogP contribution in [0.15, 0.2) is 76.0 Å². The molecule has 4 rings (SSSR count). The van der Waals surface area contributed by atoms with Gasteiger partial charge in [0.25, 0.3) is 10.0 Å². The summed E-state index contributed by atoms with van der Waals surface area (Å²) in [6, 6.07) is 14.4. The Morgan fingerprint density at radius 1 is 1.06 bits per heavy atom. The SMILES string of the molecule is C=C(C(=O)c1ccc(S(=O)(=O)Nc2cc(C)on2)cc1)c1cc(-c2cccs2)c(OC)cc1OC.[NaH]. The van der Waals surface area contributed by atoms with E-state index in [1.807, 2.05) is 23.6 Å². The molecular weight excluding hydrogens is 511 g/mol. The van der Waals surface area contributed by atoms with Crippen molar-refractivity contribution >= 4 is 68.1 Å². The molecule has 4 aromatic rings. The van der Waals surface area contributed by atoms with Crippen LogP contribution in [0, 0.1) is 6.92 Å². The van der Waals surface area contributed by atoms with Crippen LogP contribution >= 0.6 is 11.3 Å². The number of allylic oxidation sites excluding steroid dienone is 1. The molecule has 2 aromatic carbocycles. The van der Waals surface area contributed by atoms with Crippen LogP contribution in [0.4, 0.5) is 5.82 Å². The molecule has 2 heterocycles. The second-order valence-electron chi connectivity index (χ2n) is 7.49. The number of hydrogen-bond donors (Lipinski definition) is 1. The summed E-state index contributed by atoms with van der Waals surface area (Å²) in [5.74, 6) is 1.22. The summed E-state index contributed by atoms with van der Waals surface area (Å²) < 4.78 is 43.5. The van der Waals surface area contributed by atoms with Crippen LogP contribution in [-0.4, -0.2) is 63.1 Å². The van der Waals surface area contributed by atoms with Crippen molar-refractivity contribution in [1.29, 1.82) is 0 Å². The summed E-state index contributed by atoms with van der Waals surface area (Å²) in [6.45, 7) is 5.65. The summed E-state index contributed by atoms with van der Waals surface area (Å²) in [6.07, 6.45) is 0. The molecule has 11 heteroatoms. The number of ketones is 1. The number of Topliss-reactive ketones (excluding diaryl/α,β-unsaturated/α-hetero) is 1. The Morgan fingerprint density at radius 3 is 2.31 bits per heavy atom. The van der Waals surface area contributed by atoms with Crippen molar-refractivity contribution in [3.63, 3.8) is 0 Å². The van der Waals surface area contributed by atoms with E-state index in [1.54, 1.807) is 31.4 Å². The zero-order chi connectivity index (χ0) is 25.2. The molecule has 0 aliphatic rings. The first kappa shape index (κ1) is 27.7. The van der Waals surface area contributed by atoms with Gasteiger partial charge in [0.1, 0.15) is 17.3 Å². The number of aryl methyl sites for hydroxylation is 1. The molecule has 0 spiro atoms. The molecular formula is C25H23N2NaO6S2. The molecule has 0 aliphatic carbocycles. The van der Waals surface area contributed by atoms with E-state index >= 15 is 0 Å². The zero-order valence-electron chi connectivity index (χ0n) is 19.2. The third-order valence-electron chi connectivity index (χ3n) is 5.20. The normalized spacial score (nSPS) is 10.9. The predicted molar refractivity (Wildman–Crippen MR) is 142 cm³/mol. The first-order valence-corrected chi connectivity index (χ1v) is 12.7. The second-order valence-corrected chi connectivity index (χ2v) is 10.1. The Kier molecular flexibility index (Phi) is 8.80. The van der Waals surface area contributed by atoms with Gasteiger partial charge in [-0.3, -0.25) is 9.52 Å². The van der Waals surface area contributed by atoms with Gasteiger partial charge in [-0.1, -0.05) is 17.8 Å². The average Bonchev–Trinajstić information content (AvgIpc) is 3.54. The van der Waals surface area contributed by atoms with Crippen molar-refractivity contribution in [2.24, 2.45) is 0 Å². The van der Waals surface area contributed by atoms with Crippen molar-refractivity contribution in [3.8, 4) is 21.9 Å². The minimum atomic E-state index is -3.90. The topological polar surface area (TPSA) is 108 Å². The number of anilines is 1. The minimum absolute atomic E-state index is 0. The van der Waals surface area contributed by atoms with Crippen molar-refractivity contribution in [2.75, 3.05) is 18.9 Å². The summed E-state index contributed by atoms with van der Waals surface area (Å²) in [4.78, 5) is 14.2. The maximum atomic E-state index is 13.2. The predicted octanol–water partition coefficient (Wildman–Crippen LogP) is 4.78. The third kappa shape index (κ3) is 5.74. The summed E-state index contributed by atoms with van der Waals surface area (Å²) in [5, 5.41) is 5.58. The molecule has 0 saturated carbocycles. The van der Waals surface area contributed by atoms with E-state index in [0.717, 1.165) is 10.4 Å². The van der Waals surface area contributed by atoms with Crippen LogP contribution in [0.3, 0.4) is 0 Å². The van der Waals surface area contributed by atoms with Crippen LogP contribution in [-0.2, 0) is 10.0 Å². The van der Waals surface area contributed by atoms with Gasteiger partial charge < -0.3 is 14.0 Å². The molecule has 182 valence electrons. The molecule has 0 bridgehead atoms. The van der Waals surface area contributed by atoms with Crippen molar-refractivity contribution in [1.82, 2.24) is 5.16 Å². The molecule has 8 nitrogen and oxygen atoms in total. The molecule has 0 unspecified atom stereocenters. The Labute approximate surface area is 235 Å². The molecule has 2 aromatic heterocycles. The van der Waals surface area contributed by atoms with Crippen LogP contribution in [0.1, 0.15) is 21.7 Å². The maximum absolute atomic E-state index is 13.2. The van der Waals surface area contributed by atoms with Gasteiger partial charge in [0.05, 0.1) is 19.1 Å². The number of sulfonamides is 1. The summed E-state index contributed by atoms with van der Waals surface area (Å²) in [7, 11) is -0.830. The van der Waals surface area contributed by atoms with Crippen molar-refractivity contribution in [2.45, 2.75) is 11.8 Å². The van der Waals surface area contributed by atoms with E-state index in [-0.39, 0.29) is 57.2 Å². The van der Waals surface area contributed by atoms with E-state index in [4.69, 9.17) is 14.0 Å². The van der Waals surface area contributed by atoms with Crippen LogP contribution in [0.2, 0.25) is 0 Å². The fraction of sp³-hybridized carbons (Fsp3) is 0.120. The number of thiophene rings is 1. The van der Waals surface area contributed by atoms with E-state index < -0.39 is 10.0 Å². The number of nitrogens with zero attached hydrogens (tertiary/aromatic N) is 1. The van der Waals surface area contributed by atoms with Gasteiger partial charge in [-0.25, -0.2) is 8.42 Å². The monoisotopic (exact) mass is 534 g/mol. The molecule has 1 N–H and O–H groups in total. The quantitative estimate of drug-likeness (QED) is 0.187.